The van der Waals surface area contributed by atoms with Gasteiger partial charge >= 0.3 is 0 Å². The summed E-state index contributed by atoms with van der Waals surface area (Å²) in [5.41, 5.74) is -0.673. The van der Waals surface area contributed by atoms with E-state index in [1.165, 1.54) is 24.3 Å². The smallest absolute Gasteiger partial charge is 0.225 e. The van der Waals surface area contributed by atoms with Crippen molar-refractivity contribution in [3.8, 4) is 0 Å². The van der Waals surface area contributed by atoms with Crippen LogP contribution < -0.4 is 5.32 Å². The number of rotatable bonds is 5. The SMILES string of the molecule is CC(C)[C@@H](NC(=O)Cc1c(F)c(F)c(F)c(F)c1F)c1ccc(F)cc1. The lowest BCUT2D eigenvalue weighted by Crippen LogP contribution is -2.33. The number of amides is 1. The first-order chi connectivity index (χ1) is 12.1. The molecule has 1 atom stereocenters. The Balaban J connectivity index is 2.26. The van der Waals surface area contributed by atoms with E-state index in [1.54, 1.807) is 13.8 Å². The minimum atomic E-state index is -2.28. The zero-order valence-corrected chi connectivity index (χ0v) is 13.8. The van der Waals surface area contributed by atoms with Crippen molar-refractivity contribution < 1.29 is 31.1 Å². The average molecular weight is 375 g/mol. The zero-order chi connectivity index (χ0) is 19.6. The molecule has 140 valence electrons. The fourth-order valence-corrected chi connectivity index (χ4v) is 2.50. The lowest BCUT2D eigenvalue weighted by molar-refractivity contribution is -0.121. The predicted octanol–water partition coefficient (Wildman–Crippen LogP) is 4.58. The number of benzene rings is 2. The Hall–Kier alpha value is -2.51. The van der Waals surface area contributed by atoms with Crippen molar-refractivity contribution in [3.63, 3.8) is 0 Å². The molecule has 0 bridgehead atoms. The fraction of sp³-hybridized carbons (Fsp3) is 0.278. The number of hydrogen-bond donors (Lipinski definition) is 1. The average Bonchev–Trinajstić information content (AvgIpc) is 2.60. The van der Waals surface area contributed by atoms with Crippen LogP contribution in [-0.2, 0) is 11.2 Å². The number of nitrogens with one attached hydrogen (secondary N) is 1. The largest absolute Gasteiger partial charge is 0.349 e. The van der Waals surface area contributed by atoms with Gasteiger partial charge in [-0.25, -0.2) is 26.3 Å². The normalized spacial score (nSPS) is 12.3. The summed E-state index contributed by atoms with van der Waals surface area (Å²) < 4.78 is 79.9. The van der Waals surface area contributed by atoms with Crippen LogP contribution in [0.15, 0.2) is 24.3 Å². The van der Waals surface area contributed by atoms with Gasteiger partial charge in [0, 0.05) is 5.56 Å². The molecule has 0 aliphatic heterocycles. The molecule has 0 spiro atoms. The molecule has 2 rings (SSSR count). The molecule has 0 saturated heterocycles. The molecular formula is C18H15F6NO. The van der Waals surface area contributed by atoms with E-state index in [0.717, 1.165) is 0 Å². The second-order valence-electron chi connectivity index (χ2n) is 6.07. The van der Waals surface area contributed by atoms with Crippen molar-refractivity contribution >= 4 is 5.91 Å². The van der Waals surface area contributed by atoms with Gasteiger partial charge in [-0.15, -0.1) is 0 Å². The van der Waals surface area contributed by atoms with E-state index in [-0.39, 0.29) is 5.92 Å². The highest BCUT2D eigenvalue weighted by Crippen LogP contribution is 2.25. The van der Waals surface area contributed by atoms with E-state index >= 15 is 0 Å². The monoisotopic (exact) mass is 375 g/mol. The van der Waals surface area contributed by atoms with Crippen molar-refractivity contribution in [1.82, 2.24) is 5.32 Å². The Bertz CT molecular complexity index is 790. The summed E-state index contributed by atoms with van der Waals surface area (Å²) in [4.78, 5) is 12.1. The van der Waals surface area contributed by atoms with E-state index in [9.17, 15) is 31.1 Å². The first kappa shape index (κ1) is 19.8. The maximum Gasteiger partial charge on any atom is 0.225 e. The summed E-state index contributed by atoms with van der Waals surface area (Å²) >= 11 is 0. The predicted molar refractivity (Wildman–Crippen MR) is 82.1 cm³/mol. The summed E-state index contributed by atoms with van der Waals surface area (Å²) in [5.74, 6) is -12.2. The molecule has 0 aliphatic rings. The Morgan fingerprint density at radius 2 is 1.31 bits per heavy atom. The van der Waals surface area contributed by atoms with Gasteiger partial charge in [-0.3, -0.25) is 4.79 Å². The molecule has 0 fully saturated rings. The molecule has 1 N–H and O–H groups in total. The van der Waals surface area contributed by atoms with Gasteiger partial charge < -0.3 is 5.32 Å². The van der Waals surface area contributed by atoms with Gasteiger partial charge in [0.1, 0.15) is 5.82 Å². The second kappa shape index (κ2) is 7.80. The number of carbonyl (C=O) groups excluding carboxylic acids is 1. The van der Waals surface area contributed by atoms with Crippen LogP contribution in [0.4, 0.5) is 26.3 Å². The third-order valence-electron chi connectivity index (χ3n) is 3.85. The summed E-state index contributed by atoms with van der Waals surface area (Å²) in [6.45, 7) is 3.49. The molecular weight excluding hydrogens is 360 g/mol. The molecule has 0 aliphatic carbocycles. The minimum Gasteiger partial charge on any atom is -0.349 e. The van der Waals surface area contributed by atoms with Gasteiger partial charge in [-0.1, -0.05) is 26.0 Å². The first-order valence-corrected chi connectivity index (χ1v) is 7.68. The van der Waals surface area contributed by atoms with Crippen molar-refractivity contribution in [1.29, 1.82) is 0 Å². The molecule has 26 heavy (non-hydrogen) atoms. The van der Waals surface area contributed by atoms with Crippen LogP contribution in [0.1, 0.15) is 31.0 Å². The van der Waals surface area contributed by atoms with E-state index in [0.29, 0.717) is 5.56 Å². The summed E-state index contributed by atoms with van der Waals surface area (Å²) in [5, 5.41) is 2.48. The van der Waals surface area contributed by atoms with Gasteiger partial charge in [0.25, 0.3) is 0 Å². The molecule has 0 aromatic heterocycles. The highest BCUT2D eigenvalue weighted by molar-refractivity contribution is 5.79. The van der Waals surface area contributed by atoms with Crippen molar-refractivity contribution in [2.75, 3.05) is 0 Å². The molecule has 1 amide bonds. The third kappa shape index (κ3) is 4.00. The molecule has 0 unspecified atom stereocenters. The molecule has 2 aromatic rings. The minimum absolute atomic E-state index is 0.180. The number of hydrogen-bond acceptors (Lipinski definition) is 1. The Labute approximate surface area is 145 Å². The lowest BCUT2D eigenvalue weighted by atomic mass is 9.95. The quantitative estimate of drug-likeness (QED) is 0.463. The maximum absolute atomic E-state index is 13.7. The van der Waals surface area contributed by atoms with Crippen LogP contribution in [0, 0.1) is 40.8 Å². The highest BCUT2D eigenvalue weighted by Gasteiger charge is 2.28. The van der Waals surface area contributed by atoms with Crippen LogP contribution in [0.3, 0.4) is 0 Å². The maximum atomic E-state index is 13.7. The van der Waals surface area contributed by atoms with E-state index in [1.807, 2.05) is 0 Å². The fourth-order valence-electron chi connectivity index (χ4n) is 2.50. The molecule has 8 heteroatoms. The Morgan fingerprint density at radius 3 is 1.77 bits per heavy atom. The van der Waals surface area contributed by atoms with E-state index in [2.05, 4.69) is 5.32 Å². The lowest BCUT2D eigenvalue weighted by Gasteiger charge is -2.23. The van der Waals surface area contributed by atoms with Crippen LogP contribution in [0.5, 0.6) is 0 Å². The van der Waals surface area contributed by atoms with E-state index < -0.39 is 58.8 Å². The van der Waals surface area contributed by atoms with Gasteiger partial charge in [0.15, 0.2) is 23.3 Å². The van der Waals surface area contributed by atoms with Crippen LogP contribution >= 0.6 is 0 Å². The van der Waals surface area contributed by atoms with E-state index in [4.69, 9.17) is 0 Å². The topological polar surface area (TPSA) is 29.1 Å². The number of carbonyl (C=O) groups is 1. The molecule has 2 aromatic carbocycles. The number of halogens is 6. The van der Waals surface area contributed by atoms with Crippen LogP contribution in [-0.4, -0.2) is 5.91 Å². The van der Waals surface area contributed by atoms with Gasteiger partial charge in [-0.2, -0.15) is 0 Å². The molecule has 0 saturated carbocycles. The van der Waals surface area contributed by atoms with Crippen molar-refractivity contribution in [2.24, 2.45) is 5.92 Å². The highest BCUT2D eigenvalue weighted by atomic mass is 19.2. The summed E-state index contributed by atoms with van der Waals surface area (Å²) in [7, 11) is 0. The summed E-state index contributed by atoms with van der Waals surface area (Å²) in [6, 6.07) is 4.59. The summed E-state index contributed by atoms with van der Waals surface area (Å²) in [6.07, 6.45) is -1.03. The standard InChI is InChI=1S/C18H15F6NO/c1-8(2)18(9-3-5-10(19)6-4-9)25-12(26)7-11-13(20)15(22)17(24)16(23)14(11)21/h3-6,8,18H,7H2,1-2H3,(H,25,26)/t18-/m1/s1. The van der Waals surface area contributed by atoms with Crippen molar-refractivity contribution in [3.05, 3.63) is 70.3 Å². The Kier molecular flexibility index (Phi) is 5.94. The third-order valence-corrected chi connectivity index (χ3v) is 3.85. The van der Waals surface area contributed by atoms with Crippen LogP contribution in [0.2, 0.25) is 0 Å². The first-order valence-electron chi connectivity index (χ1n) is 7.68. The van der Waals surface area contributed by atoms with Gasteiger partial charge in [0.05, 0.1) is 12.5 Å². The zero-order valence-electron chi connectivity index (χ0n) is 13.8. The van der Waals surface area contributed by atoms with Crippen LogP contribution in [0.25, 0.3) is 0 Å². The molecule has 0 heterocycles. The molecule has 0 radical (unpaired) electrons. The Morgan fingerprint density at radius 1 is 0.846 bits per heavy atom. The molecule has 2 nitrogen and oxygen atoms in total. The van der Waals surface area contributed by atoms with Gasteiger partial charge in [0.2, 0.25) is 11.7 Å². The van der Waals surface area contributed by atoms with Gasteiger partial charge in [-0.05, 0) is 23.6 Å². The van der Waals surface area contributed by atoms with Crippen molar-refractivity contribution in [2.45, 2.75) is 26.3 Å². The second-order valence-corrected chi connectivity index (χ2v) is 6.07.